The number of hydrogen-bond acceptors (Lipinski definition) is 7. The van der Waals surface area contributed by atoms with Gasteiger partial charge >= 0.3 is 0 Å². The van der Waals surface area contributed by atoms with Gasteiger partial charge in [0.05, 0.1) is 18.3 Å². The first-order chi connectivity index (χ1) is 14.3. The number of rotatable bonds is 4. The lowest BCUT2D eigenvalue weighted by atomic mass is 9.71. The highest BCUT2D eigenvalue weighted by atomic mass is 16.5. The first-order valence-electron chi connectivity index (χ1n) is 10.1. The molecular weight excluding hydrogens is 378 g/mol. The number of nitrogens with zero attached hydrogens (tertiary/aromatic N) is 5. The molecule has 0 unspecified atom stereocenters. The molecular formula is C22H25N7O. The zero-order chi connectivity index (χ0) is 21.0. The summed E-state index contributed by atoms with van der Waals surface area (Å²) in [7, 11) is 1.62. The lowest BCUT2D eigenvalue weighted by Gasteiger charge is -2.33. The van der Waals surface area contributed by atoms with Gasteiger partial charge in [-0.15, -0.1) is 5.10 Å². The average Bonchev–Trinajstić information content (AvgIpc) is 3.12. The maximum Gasteiger partial charge on any atom is 0.223 e. The molecule has 8 heteroatoms. The Kier molecular flexibility index (Phi) is 4.14. The predicted molar refractivity (Wildman–Crippen MR) is 115 cm³/mol. The number of para-hydroxylation sites is 1. The van der Waals surface area contributed by atoms with E-state index in [1.54, 1.807) is 11.6 Å². The molecule has 3 heterocycles. The van der Waals surface area contributed by atoms with Crippen molar-refractivity contribution in [3.05, 3.63) is 53.6 Å². The van der Waals surface area contributed by atoms with Gasteiger partial charge in [0, 0.05) is 17.5 Å². The van der Waals surface area contributed by atoms with Gasteiger partial charge in [-0.2, -0.15) is 4.52 Å². The third kappa shape index (κ3) is 2.95. The van der Waals surface area contributed by atoms with Crippen LogP contribution in [0.4, 0.5) is 5.95 Å². The zero-order valence-corrected chi connectivity index (χ0v) is 17.3. The summed E-state index contributed by atoms with van der Waals surface area (Å²) in [5, 5.41) is 5.54. The van der Waals surface area contributed by atoms with E-state index in [0.29, 0.717) is 34.7 Å². The fourth-order valence-electron chi connectivity index (χ4n) is 4.11. The van der Waals surface area contributed by atoms with Crippen LogP contribution in [0.3, 0.4) is 0 Å². The topological polar surface area (TPSA) is 117 Å². The Hall–Kier alpha value is -3.26. The van der Waals surface area contributed by atoms with Crippen molar-refractivity contribution in [1.82, 2.24) is 24.6 Å². The number of anilines is 1. The second-order valence-electron chi connectivity index (χ2n) is 8.60. The van der Waals surface area contributed by atoms with Crippen LogP contribution >= 0.6 is 0 Å². The third-order valence-electron chi connectivity index (χ3n) is 5.95. The predicted octanol–water partition coefficient (Wildman–Crippen LogP) is 3.12. The number of aromatic nitrogens is 5. The van der Waals surface area contributed by atoms with E-state index < -0.39 is 5.54 Å². The van der Waals surface area contributed by atoms with Gasteiger partial charge in [0.1, 0.15) is 11.3 Å². The molecule has 0 radical (unpaired) electrons. The molecule has 8 nitrogen and oxygen atoms in total. The monoisotopic (exact) mass is 403 g/mol. The second-order valence-corrected chi connectivity index (χ2v) is 8.60. The SMILES string of the molecule is COc1cccc2c1nc(N)n1nc([C@H]3C[C@H](c4ccc(C(C)(C)N)nc4)C3)nc21. The first kappa shape index (κ1) is 18.7. The van der Waals surface area contributed by atoms with Crippen molar-refractivity contribution in [3.63, 3.8) is 0 Å². The Labute approximate surface area is 174 Å². The Balaban J connectivity index is 1.42. The van der Waals surface area contributed by atoms with Gasteiger partial charge in [-0.3, -0.25) is 4.98 Å². The molecule has 1 saturated carbocycles. The fraction of sp³-hybridized carbons (Fsp3) is 0.364. The summed E-state index contributed by atoms with van der Waals surface area (Å²) in [6.45, 7) is 3.92. The van der Waals surface area contributed by atoms with Gasteiger partial charge in [0.2, 0.25) is 5.95 Å². The maximum atomic E-state index is 6.16. The lowest BCUT2D eigenvalue weighted by molar-refractivity contribution is 0.337. The summed E-state index contributed by atoms with van der Waals surface area (Å²) in [4.78, 5) is 13.8. The molecule has 154 valence electrons. The van der Waals surface area contributed by atoms with Gasteiger partial charge < -0.3 is 16.2 Å². The number of methoxy groups -OCH3 is 1. The number of pyridine rings is 1. The van der Waals surface area contributed by atoms with Gasteiger partial charge in [0.25, 0.3) is 0 Å². The molecule has 1 fully saturated rings. The molecule has 1 aliphatic rings. The Morgan fingerprint density at radius 2 is 1.90 bits per heavy atom. The number of nitrogen functional groups attached to an aromatic ring is 1. The highest BCUT2D eigenvalue weighted by Gasteiger charge is 2.35. The van der Waals surface area contributed by atoms with Crippen molar-refractivity contribution >= 4 is 22.5 Å². The minimum atomic E-state index is -0.430. The van der Waals surface area contributed by atoms with Crippen molar-refractivity contribution in [1.29, 1.82) is 0 Å². The van der Waals surface area contributed by atoms with E-state index in [4.69, 9.17) is 21.2 Å². The number of fused-ring (bicyclic) bond motifs is 3. The van der Waals surface area contributed by atoms with Crippen molar-refractivity contribution in [2.75, 3.05) is 12.8 Å². The zero-order valence-electron chi connectivity index (χ0n) is 17.3. The molecule has 3 aromatic heterocycles. The maximum absolute atomic E-state index is 6.16. The highest BCUT2D eigenvalue weighted by molar-refractivity contribution is 5.95. The quantitative estimate of drug-likeness (QED) is 0.537. The minimum Gasteiger partial charge on any atom is -0.494 e. The van der Waals surface area contributed by atoms with Crippen LogP contribution in [-0.4, -0.2) is 31.7 Å². The van der Waals surface area contributed by atoms with E-state index in [0.717, 1.165) is 29.7 Å². The molecule has 4 aromatic rings. The molecule has 0 amide bonds. The number of hydrogen-bond donors (Lipinski definition) is 2. The smallest absolute Gasteiger partial charge is 0.223 e. The van der Waals surface area contributed by atoms with Gasteiger partial charge in [0.15, 0.2) is 11.5 Å². The van der Waals surface area contributed by atoms with E-state index in [1.165, 1.54) is 5.56 Å². The Morgan fingerprint density at radius 1 is 1.10 bits per heavy atom. The van der Waals surface area contributed by atoms with Gasteiger partial charge in [-0.05, 0) is 56.4 Å². The molecule has 0 saturated heterocycles. The fourth-order valence-corrected chi connectivity index (χ4v) is 4.11. The van der Waals surface area contributed by atoms with Crippen LogP contribution in [0, 0.1) is 0 Å². The summed E-state index contributed by atoms with van der Waals surface area (Å²) < 4.78 is 7.05. The van der Waals surface area contributed by atoms with Crippen molar-refractivity contribution in [2.24, 2.45) is 5.73 Å². The van der Waals surface area contributed by atoms with Gasteiger partial charge in [-0.1, -0.05) is 12.1 Å². The number of benzene rings is 1. The largest absolute Gasteiger partial charge is 0.494 e. The molecule has 1 aliphatic carbocycles. The molecule has 5 rings (SSSR count). The summed E-state index contributed by atoms with van der Waals surface area (Å²) >= 11 is 0. The first-order valence-corrected chi connectivity index (χ1v) is 10.1. The highest BCUT2D eigenvalue weighted by Crippen LogP contribution is 2.46. The normalized spacial score (nSPS) is 19.2. The average molecular weight is 403 g/mol. The molecule has 0 atom stereocenters. The number of ether oxygens (including phenoxy) is 1. The van der Waals surface area contributed by atoms with Crippen LogP contribution in [0.1, 0.15) is 55.6 Å². The molecule has 30 heavy (non-hydrogen) atoms. The van der Waals surface area contributed by atoms with E-state index in [2.05, 4.69) is 21.1 Å². The van der Waals surface area contributed by atoms with Crippen molar-refractivity contribution in [2.45, 2.75) is 44.1 Å². The molecule has 0 spiro atoms. The van der Waals surface area contributed by atoms with Crippen molar-refractivity contribution in [3.8, 4) is 5.75 Å². The summed E-state index contributed by atoms with van der Waals surface area (Å²) in [5.74, 6) is 2.53. The van der Waals surface area contributed by atoms with Crippen LogP contribution in [0.25, 0.3) is 16.6 Å². The third-order valence-corrected chi connectivity index (χ3v) is 5.95. The summed E-state index contributed by atoms with van der Waals surface area (Å²) in [6, 6.07) is 9.92. The van der Waals surface area contributed by atoms with E-state index in [9.17, 15) is 0 Å². The van der Waals surface area contributed by atoms with Crippen LogP contribution in [0.15, 0.2) is 36.5 Å². The van der Waals surface area contributed by atoms with E-state index >= 15 is 0 Å². The number of nitrogens with two attached hydrogens (primary N) is 2. The standard InChI is InChI=1S/C22H25N7O/c1-22(2,24)17-8-7-12(11-25-17)13-9-14(10-13)19-27-20-15-5-4-6-16(30-3)18(15)26-21(23)29(20)28-19/h4-8,11,13-14H,9-10,24H2,1-3H3,(H2,23,26)/t13-,14-. The van der Waals surface area contributed by atoms with Crippen LogP contribution in [0.5, 0.6) is 5.75 Å². The lowest BCUT2D eigenvalue weighted by Crippen LogP contribution is -2.30. The summed E-state index contributed by atoms with van der Waals surface area (Å²) in [5.41, 5.74) is 15.4. The van der Waals surface area contributed by atoms with Crippen LogP contribution < -0.4 is 16.2 Å². The molecule has 0 bridgehead atoms. The second kappa shape index (κ2) is 6.63. The van der Waals surface area contributed by atoms with E-state index in [1.807, 2.05) is 44.3 Å². The molecule has 1 aromatic carbocycles. The Morgan fingerprint density at radius 3 is 2.57 bits per heavy atom. The van der Waals surface area contributed by atoms with E-state index in [-0.39, 0.29) is 0 Å². The van der Waals surface area contributed by atoms with Gasteiger partial charge in [-0.25, -0.2) is 9.97 Å². The van der Waals surface area contributed by atoms with Crippen LogP contribution in [0.2, 0.25) is 0 Å². The van der Waals surface area contributed by atoms with Crippen molar-refractivity contribution < 1.29 is 4.74 Å². The van der Waals surface area contributed by atoms with Crippen LogP contribution in [-0.2, 0) is 5.54 Å². The molecule has 0 aliphatic heterocycles. The minimum absolute atomic E-state index is 0.292. The summed E-state index contributed by atoms with van der Waals surface area (Å²) in [6.07, 6.45) is 3.92. The Bertz CT molecular complexity index is 1230. The molecule has 4 N–H and O–H groups in total.